The molecular formula is C12H19BrClN3. The van der Waals surface area contributed by atoms with Crippen LogP contribution in [0.25, 0.3) is 0 Å². The SMILES string of the molecule is CCn1nc(C)c(Cl)c1CN1CCCC1CBr. The highest BCUT2D eigenvalue weighted by Gasteiger charge is 2.25. The Bertz CT molecular complexity index is 391. The van der Waals surface area contributed by atoms with Crippen molar-refractivity contribution in [2.45, 2.75) is 45.8 Å². The van der Waals surface area contributed by atoms with Gasteiger partial charge in [0.1, 0.15) is 0 Å². The lowest BCUT2D eigenvalue weighted by atomic mass is 10.2. The second-order valence-corrected chi connectivity index (χ2v) is 5.61. The molecule has 1 aromatic rings. The van der Waals surface area contributed by atoms with Crippen LogP contribution in [0.1, 0.15) is 31.2 Å². The number of rotatable bonds is 4. The summed E-state index contributed by atoms with van der Waals surface area (Å²) in [5, 5.41) is 6.35. The Morgan fingerprint density at radius 2 is 2.29 bits per heavy atom. The molecule has 1 atom stereocenters. The minimum Gasteiger partial charge on any atom is -0.294 e. The van der Waals surface area contributed by atoms with E-state index in [2.05, 4.69) is 32.9 Å². The Labute approximate surface area is 116 Å². The van der Waals surface area contributed by atoms with Crippen molar-refractivity contribution in [2.24, 2.45) is 0 Å². The van der Waals surface area contributed by atoms with E-state index < -0.39 is 0 Å². The number of halogens is 2. The molecule has 0 bridgehead atoms. The standard InChI is InChI=1S/C12H19BrClN3/c1-3-17-11(12(14)9(2)15-17)8-16-6-4-5-10(16)7-13/h10H,3-8H2,1-2H3. The number of alkyl halides is 1. The topological polar surface area (TPSA) is 21.1 Å². The molecule has 0 saturated carbocycles. The van der Waals surface area contributed by atoms with E-state index in [0.717, 1.165) is 29.1 Å². The maximum atomic E-state index is 6.34. The smallest absolute Gasteiger partial charge is 0.0860 e. The van der Waals surface area contributed by atoms with E-state index in [1.807, 2.05) is 11.6 Å². The van der Waals surface area contributed by atoms with Gasteiger partial charge in [0.15, 0.2) is 0 Å². The zero-order valence-corrected chi connectivity index (χ0v) is 12.8. The fourth-order valence-electron chi connectivity index (χ4n) is 2.49. The van der Waals surface area contributed by atoms with Crippen LogP contribution in [0.3, 0.4) is 0 Å². The predicted molar refractivity (Wildman–Crippen MR) is 74.9 cm³/mol. The molecule has 0 amide bonds. The number of hydrogen-bond acceptors (Lipinski definition) is 2. The molecule has 0 N–H and O–H groups in total. The lowest BCUT2D eigenvalue weighted by Gasteiger charge is -2.23. The Balaban J connectivity index is 2.17. The molecule has 0 spiro atoms. The average Bonchev–Trinajstić information content (AvgIpc) is 2.88. The van der Waals surface area contributed by atoms with E-state index >= 15 is 0 Å². The van der Waals surface area contributed by atoms with Gasteiger partial charge in [-0.25, -0.2) is 0 Å². The molecule has 0 aromatic carbocycles. The zero-order valence-electron chi connectivity index (χ0n) is 10.4. The predicted octanol–water partition coefficient (Wildman–Crippen LogP) is 3.22. The Hall–Kier alpha value is -0.0600. The van der Waals surface area contributed by atoms with Crippen molar-refractivity contribution in [1.29, 1.82) is 0 Å². The first-order valence-corrected chi connectivity index (χ1v) is 7.69. The molecule has 1 unspecified atom stereocenters. The van der Waals surface area contributed by atoms with Gasteiger partial charge in [-0.2, -0.15) is 5.10 Å². The zero-order chi connectivity index (χ0) is 12.4. The third-order valence-electron chi connectivity index (χ3n) is 3.48. The second kappa shape index (κ2) is 5.72. The molecule has 2 heterocycles. The van der Waals surface area contributed by atoms with Gasteiger partial charge in [0.25, 0.3) is 0 Å². The van der Waals surface area contributed by atoms with Gasteiger partial charge in [-0.15, -0.1) is 0 Å². The van der Waals surface area contributed by atoms with Crippen LogP contribution in [0.5, 0.6) is 0 Å². The van der Waals surface area contributed by atoms with Gasteiger partial charge < -0.3 is 0 Å². The van der Waals surface area contributed by atoms with E-state index in [1.165, 1.54) is 25.1 Å². The van der Waals surface area contributed by atoms with Crippen molar-refractivity contribution in [2.75, 3.05) is 11.9 Å². The third kappa shape index (κ3) is 2.69. The lowest BCUT2D eigenvalue weighted by Crippen LogP contribution is -2.31. The summed E-state index contributed by atoms with van der Waals surface area (Å²) in [6.45, 7) is 7.06. The van der Waals surface area contributed by atoms with E-state index in [0.29, 0.717) is 6.04 Å². The minimum atomic E-state index is 0.645. The Morgan fingerprint density at radius 3 is 2.94 bits per heavy atom. The molecule has 0 radical (unpaired) electrons. The highest BCUT2D eigenvalue weighted by molar-refractivity contribution is 9.09. The average molecular weight is 321 g/mol. The van der Waals surface area contributed by atoms with Crippen LogP contribution >= 0.6 is 27.5 Å². The molecule has 1 aromatic heterocycles. The van der Waals surface area contributed by atoms with Crippen LogP contribution in [0, 0.1) is 6.92 Å². The summed E-state index contributed by atoms with van der Waals surface area (Å²) in [5.74, 6) is 0. The highest BCUT2D eigenvalue weighted by Crippen LogP contribution is 2.26. The van der Waals surface area contributed by atoms with E-state index in [1.54, 1.807) is 0 Å². The van der Waals surface area contributed by atoms with Crippen LogP contribution in [-0.4, -0.2) is 32.6 Å². The number of aryl methyl sites for hydroxylation is 2. The molecule has 1 aliphatic rings. The van der Waals surface area contributed by atoms with Gasteiger partial charge in [-0.1, -0.05) is 27.5 Å². The van der Waals surface area contributed by atoms with Crippen molar-refractivity contribution in [3.63, 3.8) is 0 Å². The molecule has 96 valence electrons. The molecule has 1 saturated heterocycles. The summed E-state index contributed by atoms with van der Waals surface area (Å²) in [4.78, 5) is 2.50. The molecule has 0 aliphatic carbocycles. The lowest BCUT2D eigenvalue weighted by molar-refractivity contribution is 0.256. The summed E-state index contributed by atoms with van der Waals surface area (Å²) in [5.41, 5.74) is 2.11. The van der Waals surface area contributed by atoms with Gasteiger partial charge in [-0.05, 0) is 33.2 Å². The third-order valence-corrected chi connectivity index (χ3v) is 4.72. The van der Waals surface area contributed by atoms with Crippen LogP contribution in [0.15, 0.2) is 0 Å². The molecule has 3 nitrogen and oxygen atoms in total. The van der Waals surface area contributed by atoms with Crippen LogP contribution in [-0.2, 0) is 13.1 Å². The Kier molecular flexibility index (Phi) is 4.50. The highest BCUT2D eigenvalue weighted by atomic mass is 79.9. The number of likely N-dealkylation sites (tertiary alicyclic amines) is 1. The fraction of sp³-hybridized carbons (Fsp3) is 0.750. The molecule has 5 heteroatoms. The van der Waals surface area contributed by atoms with Crippen molar-refractivity contribution in [3.8, 4) is 0 Å². The van der Waals surface area contributed by atoms with Gasteiger partial charge in [0.2, 0.25) is 0 Å². The molecule has 2 rings (SSSR count). The molecular weight excluding hydrogens is 302 g/mol. The molecule has 1 aliphatic heterocycles. The van der Waals surface area contributed by atoms with Crippen molar-refractivity contribution in [3.05, 3.63) is 16.4 Å². The minimum absolute atomic E-state index is 0.645. The van der Waals surface area contributed by atoms with Crippen molar-refractivity contribution in [1.82, 2.24) is 14.7 Å². The summed E-state index contributed by atoms with van der Waals surface area (Å²) in [7, 11) is 0. The quantitative estimate of drug-likeness (QED) is 0.794. The first-order valence-electron chi connectivity index (χ1n) is 6.19. The second-order valence-electron chi connectivity index (χ2n) is 4.58. The summed E-state index contributed by atoms with van der Waals surface area (Å²) < 4.78 is 2.03. The van der Waals surface area contributed by atoms with Gasteiger partial charge in [0.05, 0.1) is 16.4 Å². The monoisotopic (exact) mass is 319 g/mol. The fourth-order valence-corrected chi connectivity index (χ4v) is 3.42. The normalized spacial score (nSPS) is 21.3. The first kappa shape index (κ1) is 13.4. The van der Waals surface area contributed by atoms with Crippen LogP contribution < -0.4 is 0 Å². The van der Waals surface area contributed by atoms with E-state index in [4.69, 9.17) is 11.6 Å². The summed E-state index contributed by atoms with van der Waals surface area (Å²) >= 11 is 9.93. The number of nitrogens with zero attached hydrogens (tertiary/aromatic N) is 3. The number of aromatic nitrogens is 2. The first-order chi connectivity index (χ1) is 8.17. The van der Waals surface area contributed by atoms with Crippen LogP contribution in [0.2, 0.25) is 5.02 Å². The number of hydrogen-bond donors (Lipinski definition) is 0. The largest absolute Gasteiger partial charge is 0.294 e. The molecule has 17 heavy (non-hydrogen) atoms. The van der Waals surface area contributed by atoms with E-state index in [-0.39, 0.29) is 0 Å². The van der Waals surface area contributed by atoms with Gasteiger partial charge in [-0.3, -0.25) is 9.58 Å². The van der Waals surface area contributed by atoms with Gasteiger partial charge in [0, 0.05) is 24.5 Å². The molecule has 1 fully saturated rings. The van der Waals surface area contributed by atoms with Crippen molar-refractivity contribution >= 4 is 27.5 Å². The van der Waals surface area contributed by atoms with Crippen molar-refractivity contribution < 1.29 is 0 Å². The Morgan fingerprint density at radius 1 is 1.53 bits per heavy atom. The van der Waals surface area contributed by atoms with Crippen LogP contribution in [0.4, 0.5) is 0 Å². The maximum absolute atomic E-state index is 6.34. The summed E-state index contributed by atoms with van der Waals surface area (Å²) in [6, 6.07) is 0.645. The van der Waals surface area contributed by atoms with Gasteiger partial charge >= 0.3 is 0 Å². The summed E-state index contributed by atoms with van der Waals surface area (Å²) in [6.07, 6.45) is 2.56. The maximum Gasteiger partial charge on any atom is 0.0860 e. The van der Waals surface area contributed by atoms with E-state index in [9.17, 15) is 0 Å².